The van der Waals surface area contributed by atoms with Crippen LogP contribution >= 0.6 is 12.6 Å². The smallest absolute Gasteiger partial charge is 0.0619 e. The highest BCUT2D eigenvalue weighted by Gasteiger charge is 2.38. The molecule has 82 valence electrons. The summed E-state index contributed by atoms with van der Waals surface area (Å²) in [6.45, 7) is 6.43. The molecule has 14 heavy (non-hydrogen) atoms. The molecule has 1 atom stereocenters. The summed E-state index contributed by atoms with van der Waals surface area (Å²) in [6.07, 6.45) is 4.15. The topological polar surface area (TPSA) is 12.5 Å². The van der Waals surface area contributed by atoms with Crippen molar-refractivity contribution in [2.75, 3.05) is 32.1 Å². The molecule has 0 radical (unpaired) electrons. The van der Waals surface area contributed by atoms with Gasteiger partial charge in [-0.3, -0.25) is 4.90 Å². The minimum absolute atomic E-state index is 0.536. The van der Waals surface area contributed by atoms with Gasteiger partial charge in [0.25, 0.3) is 0 Å². The largest absolute Gasteiger partial charge is 0.379 e. The molecule has 0 spiro atoms. The zero-order valence-corrected chi connectivity index (χ0v) is 9.93. The van der Waals surface area contributed by atoms with Crippen LogP contribution in [-0.4, -0.2) is 43.0 Å². The molecule has 1 saturated heterocycles. The summed E-state index contributed by atoms with van der Waals surface area (Å²) >= 11 is 4.50. The average Bonchev–Trinajstić information content (AvgIpc) is 2.14. The number of thiol groups is 1. The van der Waals surface area contributed by atoms with E-state index in [2.05, 4.69) is 24.5 Å². The van der Waals surface area contributed by atoms with Crippen molar-refractivity contribution < 1.29 is 4.74 Å². The Balaban J connectivity index is 1.88. The van der Waals surface area contributed by atoms with Crippen molar-refractivity contribution in [1.29, 1.82) is 0 Å². The van der Waals surface area contributed by atoms with E-state index in [9.17, 15) is 0 Å². The highest BCUT2D eigenvalue weighted by Crippen LogP contribution is 2.42. The van der Waals surface area contributed by atoms with Crippen molar-refractivity contribution in [2.45, 2.75) is 32.2 Å². The minimum atomic E-state index is 0.536. The van der Waals surface area contributed by atoms with Crippen molar-refractivity contribution in [2.24, 2.45) is 5.41 Å². The molecule has 1 aliphatic carbocycles. The summed E-state index contributed by atoms with van der Waals surface area (Å²) in [6, 6.07) is 0.598. The van der Waals surface area contributed by atoms with Gasteiger partial charge in [-0.15, -0.1) is 0 Å². The Hall–Kier alpha value is 0.270. The molecule has 1 heterocycles. The molecule has 1 unspecified atom stereocenters. The standard InChI is InChI=1S/C11H21NOS/c1-10-7-13-6-5-12(10)8-11(9-14)3-2-4-11/h10,14H,2-9H2,1H3. The summed E-state index contributed by atoms with van der Waals surface area (Å²) in [5.41, 5.74) is 0.536. The van der Waals surface area contributed by atoms with Gasteiger partial charge in [-0.05, 0) is 30.9 Å². The highest BCUT2D eigenvalue weighted by molar-refractivity contribution is 7.80. The third-order valence-corrected chi connectivity index (χ3v) is 4.46. The number of morpholine rings is 1. The molecule has 1 saturated carbocycles. The number of hydrogen-bond donors (Lipinski definition) is 1. The summed E-state index contributed by atoms with van der Waals surface area (Å²) in [5, 5.41) is 0. The van der Waals surface area contributed by atoms with Gasteiger partial charge in [-0.25, -0.2) is 0 Å². The van der Waals surface area contributed by atoms with E-state index in [1.807, 2.05) is 0 Å². The Morgan fingerprint density at radius 1 is 1.50 bits per heavy atom. The molecule has 0 aromatic rings. The second kappa shape index (κ2) is 4.42. The normalized spacial score (nSPS) is 32.6. The summed E-state index contributed by atoms with van der Waals surface area (Å²) in [4.78, 5) is 2.58. The third-order valence-electron chi connectivity index (χ3n) is 3.79. The fourth-order valence-corrected chi connectivity index (χ4v) is 2.89. The van der Waals surface area contributed by atoms with Crippen molar-refractivity contribution in [3.63, 3.8) is 0 Å². The SMILES string of the molecule is CC1COCCN1CC1(CS)CCC1. The molecule has 0 aromatic heterocycles. The van der Waals surface area contributed by atoms with Gasteiger partial charge in [0.15, 0.2) is 0 Å². The molecule has 2 aliphatic rings. The van der Waals surface area contributed by atoms with Crippen LogP contribution in [0.3, 0.4) is 0 Å². The van der Waals surface area contributed by atoms with E-state index < -0.39 is 0 Å². The lowest BCUT2D eigenvalue weighted by Gasteiger charge is -2.47. The molecule has 2 fully saturated rings. The Morgan fingerprint density at radius 3 is 2.79 bits per heavy atom. The average molecular weight is 215 g/mol. The van der Waals surface area contributed by atoms with E-state index in [0.29, 0.717) is 11.5 Å². The first-order chi connectivity index (χ1) is 6.76. The van der Waals surface area contributed by atoms with Gasteiger partial charge in [0.05, 0.1) is 13.2 Å². The van der Waals surface area contributed by atoms with Crippen LogP contribution in [0, 0.1) is 5.41 Å². The van der Waals surface area contributed by atoms with Crippen molar-refractivity contribution in [3.05, 3.63) is 0 Å². The lowest BCUT2D eigenvalue weighted by molar-refractivity contribution is -0.0304. The Bertz CT molecular complexity index is 188. The number of hydrogen-bond acceptors (Lipinski definition) is 3. The third kappa shape index (κ3) is 2.10. The second-order valence-corrected chi connectivity index (χ2v) is 5.22. The first kappa shape index (κ1) is 10.8. The zero-order chi connectivity index (χ0) is 10.0. The molecular formula is C11H21NOS. The maximum atomic E-state index is 5.45. The van der Waals surface area contributed by atoms with Gasteiger partial charge in [0, 0.05) is 19.1 Å². The van der Waals surface area contributed by atoms with Crippen LogP contribution < -0.4 is 0 Å². The van der Waals surface area contributed by atoms with Gasteiger partial charge in [0.1, 0.15) is 0 Å². The monoisotopic (exact) mass is 215 g/mol. The summed E-state index contributed by atoms with van der Waals surface area (Å²) in [7, 11) is 0. The van der Waals surface area contributed by atoms with E-state index >= 15 is 0 Å². The maximum absolute atomic E-state index is 5.45. The van der Waals surface area contributed by atoms with E-state index in [1.165, 1.54) is 25.8 Å². The summed E-state index contributed by atoms with van der Waals surface area (Å²) in [5.74, 6) is 1.05. The van der Waals surface area contributed by atoms with E-state index in [0.717, 1.165) is 25.5 Å². The number of rotatable bonds is 3. The summed E-state index contributed by atoms with van der Waals surface area (Å²) < 4.78 is 5.45. The Kier molecular flexibility index (Phi) is 3.40. The van der Waals surface area contributed by atoms with Crippen LogP contribution in [0.5, 0.6) is 0 Å². The molecule has 2 rings (SSSR count). The maximum Gasteiger partial charge on any atom is 0.0619 e. The van der Waals surface area contributed by atoms with Crippen LogP contribution in [0.1, 0.15) is 26.2 Å². The first-order valence-electron chi connectivity index (χ1n) is 5.68. The van der Waals surface area contributed by atoms with Gasteiger partial charge < -0.3 is 4.74 Å². The fourth-order valence-electron chi connectivity index (χ4n) is 2.47. The molecule has 0 bridgehead atoms. The zero-order valence-electron chi connectivity index (χ0n) is 9.04. The van der Waals surface area contributed by atoms with Crippen LogP contribution in [0.25, 0.3) is 0 Å². The number of nitrogens with zero attached hydrogens (tertiary/aromatic N) is 1. The van der Waals surface area contributed by atoms with Crippen molar-refractivity contribution in [3.8, 4) is 0 Å². The van der Waals surface area contributed by atoms with E-state index in [4.69, 9.17) is 4.74 Å². The van der Waals surface area contributed by atoms with Gasteiger partial charge in [-0.2, -0.15) is 12.6 Å². The van der Waals surface area contributed by atoms with Gasteiger partial charge in [0.2, 0.25) is 0 Å². The first-order valence-corrected chi connectivity index (χ1v) is 6.32. The Morgan fingerprint density at radius 2 is 2.29 bits per heavy atom. The molecule has 1 aliphatic heterocycles. The second-order valence-electron chi connectivity index (χ2n) is 4.91. The highest BCUT2D eigenvalue weighted by atomic mass is 32.1. The molecule has 2 nitrogen and oxygen atoms in total. The Labute approximate surface area is 92.4 Å². The van der Waals surface area contributed by atoms with Crippen molar-refractivity contribution >= 4 is 12.6 Å². The lowest BCUT2D eigenvalue weighted by atomic mass is 9.69. The van der Waals surface area contributed by atoms with E-state index in [-0.39, 0.29) is 0 Å². The van der Waals surface area contributed by atoms with E-state index in [1.54, 1.807) is 0 Å². The van der Waals surface area contributed by atoms with Crippen LogP contribution in [0.2, 0.25) is 0 Å². The van der Waals surface area contributed by atoms with Crippen LogP contribution in [0.15, 0.2) is 0 Å². The number of ether oxygens (including phenoxy) is 1. The molecule has 0 N–H and O–H groups in total. The minimum Gasteiger partial charge on any atom is -0.379 e. The van der Waals surface area contributed by atoms with Crippen molar-refractivity contribution in [1.82, 2.24) is 4.90 Å². The van der Waals surface area contributed by atoms with Gasteiger partial charge in [-0.1, -0.05) is 6.42 Å². The molecular weight excluding hydrogens is 194 g/mol. The lowest BCUT2D eigenvalue weighted by Crippen LogP contribution is -2.51. The quantitative estimate of drug-likeness (QED) is 0.721. The van der Waals surface area contributed by atoms with Gasteiger partial charge >= 0.3 is 0 Å². The predicted molar refractivity (Wildman–Crippen MR) is 62.0 cm³/mol. The fraction of sp³-hybridized carbons (Fsp3) is 1.00. The molecule has 0 amide bonds. The van der Waals surface area contributed by atoms with Crippen LogP contribution in [0.4, 0.5) is 0 Å². The van der Waals surface area contributed by atoms with Crippen LogP contribution in [-0.2, 0) is 4.74 Å². The molecule has 3 heteroatoms. The predicted octanol–water partition coefficient (Wildman–Crippen LogP) is 1.81. The molecule has 0 aromatic carbocycles.